The summed E-state index contributed by atoms with van der Waals surface area (Å²) in [6.07, 6.45) is 0. The Morgan fingerprint density at radius 3 is 2.70 bits per heavy atom. The van der Waals surface area contributed by atoms with Gasteiger partial charge in [-0.15, -0.1) is 0 Å². The van der Waals surface area contributed by atoms with Crippen molar-refractivity contribution in [1.82, 2.24) is 0 Å². The van der Waals surface area contributed by atoms with Gasteiger partial charge in [0.1, 0.15) is 0 Å². The number of hydrogen-bond acceptors (Lipinski definition) is 4. The molecular formula is C4H6BrNO4. The second-order valence-electron chi connectivity index (χ2n) is 1.37. The lowest BCUT2D eigenvalue weighted by atomic mass is 10.7. The monoisotopic (exact) mass is 211 g/mol. The Morgan fingerprint density at radius 1 is 1.90 bits per heavy atom. The maximum Gasteiger partial charge on any atom is 0.393 e. The lowest BCUT2D eigenvalue weighted by Gasteiger charge is -1.99. The lowest BCUT2D eigenvalue weighted by Crippen LogP contribution is -2.25. The van der Waals surface area contributed by atoms with Gasteiger partial charge in [0.2, 0.25) is 0 Å². The van der Waals surface area contributed by atoms with Gasteiger partial charge in [0.05, 0.1) is 6.61 Å². The largest absolute Gasteiger partial charge is 0.460 e. The van der Waals surface area contributed by atoms with Crippen molar-refractivity contribution in [3.05, 3.63) is 10.1 Å². The van der Waals surface area contributed by atoms with Crippen LogP contribution in [-0.4, -0.2) is 22.5 Å². The summed E-state index contributed by atoms with van der Waals surface area (Å²) in [6.45, 7) is 1.73. The van der Waals surface area contributed by atoms with E-state index in [0.717, 1.165) is 0 Å². The highest BCUT2D eigenvalue weighted by Crippen LogP contribution is 2.01. The number of ether oxygens (including phenoxy) is 1. The quantitative estimate of drug-likeness (QED) is 0.225. The molecule has 0 bridgehead atoms. The Bertz CT molecular complexity index is 148. The number of carbonyl (C=O) groups excluding carboxylic acids is 1. The van der Waals surface area contributed by atoms with Crippen LogP contribution in [0.4, 0.5) is 0 Å². The molecule has 5 nitrogen and oxygen atoms in total. The van der Waals surface area contributed by atoms with E-state index < -0.39 is 15.8 Å². The molecule has 0 radical (unpaired) electrons. The van der Waals surface area contributed by atoms with E-state index in [1.54, 1.807) is 6.92 Å². The summed E-state index contributed by atoms with van der Waals surface area (Å²) in [5, 5.41) is 9.87. The Labute approximate surface area is 65.6 Å². The van der Waals surface area contributed by atoms with Crippen molar-refractivity contribution in [2.24, 2.45) is 0 Å². The highest BCUT2D eigenvalue weighted by molar-refractivity contribution is 9.09. The van der Waals surface area contributed by atoms with Crippen molar-refractivity contribution in [3.8, 4) is 0 Å². The molecule has 0 saturated carbocycles. The van der Waals surface area contributed by atoms with Gasteiger partial charge in [-0.2, -0.15) is 0 Å². The minimum atomic E-state index is -1.44. The van der Waals surface area contributed by atoms with Gasteiger partial charge >= 0.3 is 10.9 Å². The minimum Gasteiger partial charge on any atom is -0.460 e. The van der Waals surface area contributed by atoms with Gasteiger partial charge in [0.15, 0.2) is 0 Å². The summed E-state index contributed by atoms with van der Waals surface area (Å²) in [5.41, 5.74) is 0. The summed E-state index contributed by atoms with van der Waals surface area (Å²) in [7, 11) is 0. The highest BCUT2D eigenvalue weighted by atomic mass is 79.9. The molecule has 6 heteroatoms. The van der Waals surface area contributed by atoms with Crippen molar-refractivity contribution in [2.45, 2.75) is 11.9 Å². The first-order chi connectivity index (χ1) is 4.59. The third-order valence-corrected chi connectivity index (χ3v) is 1.37. The molecule has 0 saturated heterocycles. The van der Waals surface area contributed by atoms with Crippen LogP contribution < -0.4 is 0 Å². The zero-order valence-electron chi connectivity index (χ0n) is 5.24. The molecule has 0 aliphatic carbocycles. The van der Waals surface area contributed by atoms with E-state index in [0.29, 0.717) is 0 Å². The van der Waals surface area contributed by atoms with Crippen LogP contribution in [0.3, 0.4) is 0 Å². The number of carbonyl (C=O) groups is 1. The van der Waals surface area contributed by atoms with Crippen molar-refractivity contribution in [2.75, 3.05) is 6.61 Å². The molecule has 58 valence electrons. The summed E-state index contributed by atoms with van der Waals surface area (Å²) in [6, 6.07) is 0. The SMILES string of the molecule is CCOC(=O)[C@@H](Br)[N+](=O)[O-]. The van der Waals surface area contributed by atoms with Crippen LogP contribution in [0.2, 0.25) is 0 Å². The first kappa shape index (κ1) is 9.35. The van der Waals surface area contributed by atoms with Gasteiger partial charge in [0.25, 0.3) is 0 Å². The van der Waals surface area contributed by atoms with E-state index in [-0.39, 0.29) is 6.61 Å². The molecule has 0 aliphatic rings. The number of esters is 1. The molecule has 10 heavy (non-hydrogen) atoms. The van der Waals surface area contributed by atoms with E-state index >= 15 is 0 Å². The topological polar surface area (TPSA) is 69.4 Å². The van der Waals surface area contributed by atoms with Gasteiger partial charge in [0, 0.05) is 20.9 Å². The van der Waals surface area contributed by atoms with E-state index in [9.17, 15) is 14.9 Å². The fourth-order valence-corrected chi connectivity index (χ4v) is 0.429. The summed E-state index contributed by atoms with van der Waals surface area (Å²) in [5.74, 6) is -0.868. The lowest BCUT2D eigenvalue weighted by molar-refractivity contribution is -0.482. The molecule has 0 aromatic heterocycles. The standard InChI is InChI=1S/C4H6BrNO4/c1-2-10-4(7)3(5)6(8)9/h3H,2H2,1H3/t3-/m0/s1. The fraction of sp³-hybridized carbons (Fsp3) is 0.750. The molecule has 0 heterocycles. The zero-order chi connectivity index (χ0) is 8.15. The Morgan fingerprint density at radius 2 is 2.40 bits per heavy atom. The number of hydrogen-bond donors (Lipinski definition) is 0. The number of nitrogens with zero attached hydrogens (tertiary/aromatic N) is 1. The van der Waals surface area contributed by atoms with E-state index in [4.69, 9.17) is 0 Å². The van der Waals surface area contributed by atoms with Crippen molar-refractivity contribution in [1.29, 1.82) is 0 Å². The number of nitro groups is 1. The summed E-state index contributed by atoms with van der Waals surface area (Å²) >= 11 is 2.53. The van der Waals surface area contributed by atoms with Gasteiger partial charge < -0.3 is 4.74 Å². The van der Waals surface area contributed by atoms with Crippen molar-refractivity contribution < 1.29 is 14.5 Å². The number of alkyl halides is 1. The van der Waals surface area contributed by atoms with Crippen molar-refractivity contribution in [3.63, 3.8) is 0 Å². The van der Waals surface area contributed by atoms with Crippen molar-refractivity contribution >= 4 is 21.9 Å². The molecule has 0 aliphatic heterocycles. The molecule has 0 spiro atoms. The average molecular weight is 212 g/mol. The Hall–Kier alpha value is -0.650. The maximum atomic E-state index is 10.5. The van der Waals surface area contributed by atoms with Crippen LogP contribution in [0.1, 0.15) is 6.92 Å². The van der Waals surface area contributed by atoms with Crippen LogP contribution in [0.25, 0.3) is 0 Å². The smallest absolute Gasteiger partial charge is 0.393 e. The highest BCUT2D eigenvalue weighted by Gasteiger charge is 2.26. The predicted molar refractivity (Wildman–Crippen MR) is 36.3 cm³/mol. The van der Waals surface area contributed by atoms with Gasteiger partial charge in [-0.1, -0.05) is 0 Å². The van der Waals surface area contributed by atoms with Crippen LogP contribution in [0.15, 0.2) is 0 Å². The number of halogens is 1. The molecule has 0 unspecified atom stereocenters. The van der Waals surface area contributed by atoms with Gasteiger partial charge in [-0.25, -0.2) is 4.79 Å². The second kappa shape index (κ2) is 4.21. The van der Waals surface area contributed by atoms with Crippen LogP contribution >= 0.6 is 15.9 Å². The molecule has 0 aromatic carbocycles. The normalized spacial score (nSPS) is 12.2. The Balaban J connectivity index is 3.82. The predicted octanol–water partition coefficient (Wildman–Crippen LogP) is 0.547. The fourth-order valence-electron chi connectivity index (χ4n) is 0.297. The number of rotatable bonds is 3. The molecule has 0 amide bonds. The summed E-state index contributed by atoms with van der Waals surface area (Å²) < 4.78 is 4.34. The molecular weight excluding hydrogens is 206 g/mol. The minimum absolute atomic E-state index is 0.148. The third-order valence-electron chi connectivity index (χ3n) is 0.666. The van der Waals surface area contributed by atoms with E-state index in [2.05, 4.69) is 20.7 Å². The summed E-state index contributed by atoms with van der Waals surface area (Å²) in [4.78, 5) is 18.1. The first-order valence-electron chi connectivity index (χ1n) is 2.53. The van der Waals surface area contributed by atoms with E-state index in [1.165, 1.54) is 0 Å². The molecule has 0 aromatic rings. The first-order valence-corrected chi connectivity index (χ1v) is 3.45. The second-order valence-corrected chi connectivity index (χ2v) is 2.24. The molecule has 0 fully saturated rings. The van der Waals surface area contributed by atoms with Crippen LogP contribution in [0, 0.1) is 10.1 Å². The molecule has 1 atom stereocenters. The van der Waals surface area contributed by atoms with E-state index in [1.807, 2.05) is 0 Å². The van der Waals surface area contributed by atoms with Gasteiger partial charge in [-0.05, 0) is 6.92 Å². The molecule has 0 N–H and O–H groups in total. The van der Waals surface area contributed by atoms with Crippen LogP contribution in [0.5, 0.6) is 0 Å². The average Bonchev–Trinajstić information content (AvgIpc) is 1.87. The van der Waals surface area contributed by atoms with Crippen LogP contribution in [-0.2, 0) is 9.53 Å². The Kier molecular flexibility index (Phi) is 3.94. The third kappa shape index (κ3) is 2.77. The molecule has 0 rings (SSSR count). The van der Waals surface area contributed by atoms with Gasteiger partial charge in [-0.3, -0.25) is 10.1 Å². The zero-order valence-corrected chi connectivity index (χ0v) is 6.83. The maximum absolute atomic E-state index is 10.5.